The Kier molecular flexibility index (Phi) is 59.7. The fraction of sp³-hybridized carbons (Fsp3) is 0.909. The second-order valence-electron chi connectivity index (χ2n) is 16.0. The molecule has 0 aromatic heterocycles. The standard InChI is InChI=1S/C9H22NO2P.2C6H13N.C5H11NO.3C4H11OP.3C2H6/c1-8(12-13(4,5)6)9(7-11)10(2)3;2*1-7-5-3-2-4-6-7;1-6-2-4-7-5-3-6;3*1-5-6(2,3)4;3*1-2/h8-9,11H,4,7H2,1-3,5-6H3;2*2-6H2,1H3;2-5H2,1H3;3*2H2,1,3-4H3;3*1-2H3. The number of nitrogens with zero attached hydrogens (tertiary/aromatic N) is 4. The van der Waals surface area contributed by atoms with Crippen molar-refractivity contribution in [1.29, 1.82) is 0 Å². The van der Waals surface area contributed by atoms with Crippen molar-refractivity contribution in [3.63, 3.8) is 0 Å². The second-order valence-corrected chi connectivity index (χ2v) is 29.9. The molecule has 0 saturated carbocycles. The van der Waals surface area contributed by atoms with Crippen LogP contribution in [0.2, 0.25) is 0 Å². The molecule has 3 aliphatic rings. The Bertz CT molecular complexity index is 890. The topological polar surface area (TPSA) is 79.3 Å². The van der Waals surface area contributed by atoms with Gasteiger partial charge in [0.2, 0.25) is 0 Å². The molecular weight excluding hydrogens is 804 g/mol. The predicted octanol–water partition coefficient (Wildman–Crippen LogP) is 9.94. The van der Waals surface area contributed by atoms with Gasteiger partial charge in [-0.3, -0.25) is 0 Å². The fourth-order valence-corrected chi connectivity index (χ4v) is 5.05. The molecule has 0 aromatic carbocycles. The molecule has 0 bridgehead atoms. The van der Waals surface area contributed by atoms with E-state index in [1.807, 2.05) is 121 Å². The molecule has 1 N–H and O–H groups in total. The normalized spacial score (nSPS) is 17.1. The van der Waals surface area contributed by atoms with Crippen molar-refractivity contribution < 1.29 is 27.9 Å². The molecule has 58 heavy (non-hydrogen) atoms. The van der Waals surface area contributed by atoms with Gasteiger partial charge in [0, 0.05) is 34.4 Å². The van der Waals surface area contributed by atoms with Crippen LogP contribution in [0.15, 0.2) is 0 Å². The van der Waals surface area contributed by atoms with E-state index in [2.05, 4.69) is 61.0 Å². The van der Waals surface area contributed by atoms with Gasteiger partial charge >= 0.3 is 0 Å². The largest absolute Gasteiger partial charge is 0.395 e. The molecular formula is C44H110N4O6P4. The third-order valence-electron chi connectivity index (χ3n) is 7.72. The van der Waals surface area contributed by atoms with Gasteiger partial charge in [0.1, 0.15) is 0 Å². The molecule has 0 amide bonds. The highest BCUT2D eigenvalue weighted by atomic mass is 31.2. The van der Waals surface area contributed by atoms with E-state index in [1.165, 1.54) is 64.7 Å². The summed E-state index contributed by atoms with van der Waals surface area (Å²) in [4.78, 5) is 9.02. The fourth-order valence-electron chi connectivity index (χ4n) is 4.01. The number of likely N-dealkylation sites (tertiary alicyclic amines) is 2. The maximum Gasteiger partial charge on any atom is 0.0765 e. The van der Waals surface area contributed by atoms with Crippen molar-refractivity contribution in [3.8, 4) is 0 Å². The SMILES string of the molecule is C=P(C)(C)OC.C=P(C)(C)OC.C=P(C)(C)OC.C=P(C)(C)OC(C)C(CO)N(C)C.CC.CC.CC.CN1CCCCC1.CN1CCCCC1.CN1CCOCC1. The van der Waals surface area contributed by atoms with Gasteiger partial charge in [-0.1, -0.05) is 79.6 Å². The second kappa shape index (κ2) is 47.3. The summed E-state index contributed by atoms with van der Waals surface area (Å²) in [5.41, 5.74) is 0. The zero-order valence-corrected chi connectivity index (χ0v) is 47.2. The number of piperidine rings is 2. The van der Waals surface area contributed by atoms with Crippen molar-refractivity contribution in [3.05, 3.63) is 0 Å². The van der Waals surface area contributed by atoms with Crippen molar-refractivity contribution in [1.82, 2.24) is 19.6 Å². The van der Waals surface area contributed by atoms with Gasteiger partial charge in [-0.05, 0) is 176 Å². The Morgan fingerprint density at radius 3 is 0.897 bits per heavy atom. The Morgan fingerprint density at radius 1 is 0.534 bits per heavy atom. The number of hydrogen-bond donors (Lipinski definition) is 1. The molecule has 3 saturated heterocycles. The average molecular weight is 915 g/mol. The quantitative estimate of drug-likeness (QED) is 0.238. The lowest BCUT2D eigenvalue weighted by atomic mass is 10.1. The highest BCUT2D eigenvalue weighted by Gasteiger charge is 2.21. The van der Waals surface area contributed by atoms with Gasteiger partial charge in [0.05, 0.1) is 32.0 Å². The van der Waals surface area contributed by atoms with Crippen LogP contribution in [0.25, 0.3) is 0 Å². The number of ether oxygens (including phenoxy) is 1. The number of aliphatic hydroxyl groups is 1. The van der Waals surface area contributed by atoms with Crippen LogP contribution < -0.4 is 0 Å². The molecule has 0 aliphatic carbocycles. The van der Waals surface area contributed by atoms with Crippen LogP contribution in [-0.2, 0) is 22.8 Å². The summed E-state index contributed by atoms with van der Waals surface area (Å²) in [5, 5.41) is 9.13. The van der Waals surface area contributed by atoms with Crippen molar-refractivity contribution in [2.45, 2.75) is 99.1 Å². The molecule has 14 heteroatoms. The summed E-state index contributed by atoms with van der Waals surface area (Å²) in [7, 11) is 10.6. The van der Waals surface area contributed by atoms with E-state index >= 15 is 0 Å². The molecule has 3 rings (SSSR count). The van der Waals surface area contributed by atoms with Crippen LogP contribution in [0.1, 0.15) is 87.0 Å². The molecule has 2 unspecified atom stereocenters. The zero-order chi connectivity index (χ0) is 47.6. The lowest BCUT2D eigenvalue weighted by Gasteiger charge is -2.31. The molecule has 3 fully saturated rings. The van der Waals surface area contributed by atoms with Gasteiger partial charge in [-0.15, -0.1) is 0 Å². The first-order valence-corrected chi connectivity index (χ1v) is 32.8. The lowest BCUT2D eigenvalue weighted by molar-refractivity contribution is 0.0503. The van der Waals surface area contributed by atoms with Crippen LogP contribution >= 0.6 is 28.5 Å². The molecule has 0 aromatic rings. The molecule has 3 aliphatic heterocycles. The molecule has 10 nitrogen and oxygen atoms in total. The third-order valence-corrected chi connectivity index (χ3v) is 11.6. The van der Waals surface area contributed by atoms with Crippen molar-refractivity contribution in [2.24, 2.45) is 0 Å². The Labute approximate surface area is 368 Å². The minimum absolute atomic E-state index is 0.0285. The first kappa shape index (κ1) is 73.2. The number of morpholine rings is 1. The summed E-state index contributed by atoms with van der Waals surface area (Å²) < 4.78 is 25.7. The summed E-state index contributed by atoms with van der Waals surface area (Å²) in [6, 6.07) is 0.0565. The van der Waals surface area contributed by atoms with Crippen molar-refractivity contribution in [2.75, 3.05) is 169 Å². The van der Waals surface area contributed by atoms with E-state index in [0.29, 0.717) is 0 Å². The van der Waals surface area contributed by atoms with E-state index in [4.69, 9.17) is 27.9 Å². The van der Waals surface area contributed by atoms with E-state index in [0.717, 1.165) is 26.3 Å². The third kappa shape index (κ3) is 74.3. The van der Waals surface area contributed by atoms with Crippen LogP contribution in [-0.4, -0.2) is 231 Å². The maximum absolute atomic E-state index is 9.13. The summed E-state index contributed by atoms with van der Waals surface area (Å²) in [6.45, 7) is 39.6. The molecule has 2 atom stereocenters. The average Bonchev–Trinajstić information content (AvgIpc) is 3.15. The first-order valence-electron chi connectivity index (χ1n) is 21.6. The smallest absolute Gasteiger partial charge is 0.0765 e. The molecule has 0 radical (unpaired) electrons. The van der Waals surface area contributed by atoms with Gasteiger partial charge in [0.25, 0.3) is 0 Å². The lowest BCUT2D eigenvalue weighted by Crippen LogP contribution is -2.41. The van der Waals surface area contributed by atoms with Crippen molar-refractivity contribution >= 4 is 53.6 Å². The van der Waals surface area contributed by atoms with Gasteiger partial charge in [-0.2, -0.15) is 0 Å². The first-order chi connectivity index (χ1) is 26.6. The van der Waals surface area contributed by atoms with Crippen LogP contribution in [0.4, 0.5) is 0 Å². The van der Waals surface area contributed by atoms with Crippen LogP contribution in [0.5, 0.6) is 0 Å². The highest BCUT2D eigenvalue weighted by Crippen LogP contribution is 2.39. The van der Waals surface area contributed by atoms with E-state index < -0.39 is 28.5 Å². The van der Waals surface area contributed by atoms with E-state index in [-0.39, 0.29) is 18.8 Å². The van der Waals surface area contributed by atoms with Crippen LogP contribution in [0.3, 0.4) is 0 Å². The Balaban J connectivity index is -0.000000104. The minimum Gasteiger partial charge on any atom is -0.395 e. The van der Waals surface area contributed by atoms with Gasteiger partial charge in [0.15, 0.2) is 0 Å². The molecule has 3 heterocycles. The zero-order valence-electron chi connectivity index (χ0n) is 43.7. The van der Waals surface area contributed by atoms with Gasteiger partial charge in [-0.25, -0.2) is 0 Å². The number of aliphatic hydroxyl groups excluding tert-OH is 1. The predicted molar refractivity (Wildman–Crippen MR) is 285 cm³/mol. The van der Waals surface area contributed by atoms with E-state index in [9.17, 15) is 0 Å². The van der Waals surface area contributed by atoms with Gasteiger partial charge < -0.3 is 47.5 Å². The summed E-state index contributed by atoms with van der Waals surface area (Å²) in [5.74, 6) is 0. The minimum atomic E-state index is -1.47. The number of hydrogen-bond acceptors (Lipinski definition) is 10. The Hall–Kier alpha value is 0.800. The number of likely N-dealkylation sites (N-methyl/N-ethyl adjacent to an activating group) is 2. The highest BCUT2D eigenvalue weighted by molar-refractivity contribution is 7.68. The number of rotatable bonds is 8. The monoisotopic (exact) mass is 915 g/mol. The summed E-state index contributed by atoms with van der Waals surface area (Å²) >= 11 is 0. The molecule has 362 valence electrons. The summed E-state index contributed by atoms with van der Waals surface area (Å²) in [6.07, 6.45) is 23.9. The van der Waals surface area contributed by atoms with E-state index in [1.54, 1.807) is 21.3 Å². The van der Waals surface area contributed by atoms with Crippen LogP contribution in [0, 0.1) is 0 Å². The maximum atomic E-state index is 9.13. The Morgan fingerprint density at radius 2 is 0.776 bits per heavy atom. The molecule has 0 spiro atoms.